The number of rotatable bonds is 2. The second-order valence-electron chi connectivity index (χ2n) is 6.40. The van der Waals surface area contributed by atoms with E-state index in [1.54, 1.807) is 12.1 Å². The van der Waals surface area contributed by atoms with Gasteiger partial charge in [0.15, 0.2) is 0 Å². The van der Waals surface area contributed by atoms with E-state index in [4.69, 9.17) is 12.1 Å². The predicted molar refractivity (Wildman–Crippen MR) is 87.6 cm³/mol. The Morgan fingerprint density at radius 2 is 1.29 bits per heavy atom. The molecule has 0 saturated carbocycles. The average Bonchev–Trinajstić information content (AvgIpc) is 2.67. The zero-order valence-electron chi connectivity index (χ0n) is 14.9. The lowest BCUT2D eigenvalue weighted by molar-refractivity contribution is 0.00578. The van der Waals surface area contributed by atoms with Crippen LogP contribution in [0.3, 0.4) is 0 Å². The van der Waals surface area contributed by atoms with Crippen LogP contribution >= 0.6 is 0 Å². The Kier molecular flexibility index (Phi) is 2.87. The molecule has 1 aliphatic rings. The molecule has 0 radical (unpaired) electrons. The van der Waals surface area contributed by atoms with Gasteiger partial charge in [0.1, 0.15) is 0 Å². The lowest BCUT2D eigenvalue weighted by atomic mass is 9.78. The van der Waals surface area contributed by atoms with Crippen LogP contribution in [0.5, 0.6) is 0 Å². The van der Waals surface area contributed by atoms with Gasteiger partial charge >= 0.3 is 7.12 Å². The standard InChI is InChI=1S/C18H21BO2/c1-17(2)18(3,4)21-19(20-17)16-12-10-15(11-13-16)14-8-6-5-7-9-14/h5-13H,1-4H3/i12D,13D. The lowest BCUT2D eigenvalue weighted by Gasteiger charge is -2.32. The van der Waals surface area contributed by atoms with E-state index in [0.717, 1.165) is 11.1 Å². The first kappa shape index (κ1) is 12.0. The number of hydrogen-bond donors (Lipinski definition) is 0. The first-order valence-electron chi connectivity index (χ1n) is 8.23. The molecule has 0 unspecified atom stereocenters. The van der Waals surface area contributed by atoms with E-state index in [0.29, 0.717) is 5.46 Å². The third-order valence-corrected chi connectivity index (χ3v) is 4.36. The Balaban J connectivity index is 2.00. The zero-order chi connectivity index (χ0) is 16.8. The molecule has 3 rings (SSSR count). The fourth-order valence-corrected chi connectivity index (χ4v) is 2.29. The van der Waals surface area contributed by atoms with Crippen molar-refractivity contribution in [3.63, 3.8) is 0 Å². The maximum absolute atomic E-state index is 8.35. The first-order valence-corrected chi connectivity index (χ1v) is 7.23. The highest BCUT2D eigenvalue weighted by Gasteiger charge is 2.51. The van der Waals surface area contributed by atoms with Crippen LogP contribution in [0.25, 0.3) is 11.1 Å². The van der Waals surface area contributed by atoms with E-state index < -0.39 is 18.3 Å². The highest BCUT2D eigenvalue weighted by atomic mass is 16.7. The lowest BCUT2D eigenvalue weighted by Crippen LogP contribution is -2.41. The molecular formula is C18H21BO2. The van der Waals surface area contributed by atoms with Gasteiger partial charge in [-0.15, -0.1) is 0 Å². The Labute approximate surface area is 130 Å². The molecule has 0 aromatic heterocycles. The fourth-order valence-electron chi connectivity index (χ4n) is 2.29. The summed E-state index contributed by atoms with van der Waals surface area (Å²) in [4.78, 5) is 0. The van der Waals surface area contributed by atoms with Crippen LogP contribution in [0, 0.1) is 0 Å². The number of hydrogen-bond acceptors (Lipinski definition) is 2. The van der Waals surface area contributed by atoms with Gasteiger partial charge in [-0.2, -0.15) is 0 Å². The molecule has 3 heteroatoms. The third kappa shape index (κ3) is 2.64. The molecular weight excluding hydrogens is 259 g/mol. The Hall–Kier alpha value is -1.58. The van der Waals surface area contributed by atoms with Crippen LogP contribution < -0.4 is 5.46 Å². The highest BCUT2D eigenvalue weighted by Crippen LogP contribution is 2.36. The van der Waals surface area contributed by atoms with Crippen molar-refractivity contribution in [2.24, 2.45) is 0 Å². The van der Waals surface area contributed by atoms with Crippen molar-refractivity contribution in [3.8, 4) is 11.1 Å². The SMILES string of the molecule is [2H]c1cc(-c2ccccc2)cc([2H])c1B1OC(C)(C)C(C)(C)O1. The molecule has 1 aliphatic heterocycles. The van der Waals surface area contributed by atoms with Crippen LogP contribution in [-0.4, -0.2) is 18.3 Å². The molecule has 108 valence electrons. The van der Waals surface area contributed by atoms with Crippen molar-refractivity contribution >= 4 is 12.6 Å². The molecule has 0 aliphatic carbocycles. The maximum Gasteiger partial charge on any atom is 0.494 e. The summed E-state index contributed by atoms with van der Waals surface area (Å²) in [6.07, 6.45) is 0. The summed E-state index contributed by atoms with van der Waals surface area (Å²) < 4.78 is 28.7. The van der Waals surface area contributed by atoms with Gasteiger partial charge in [0, 0.05) is 0 Å². The van der Waals surface area contributed by atoms with Gasteiger partial charge in [-0.1, -0.05) is 54.5 Å². The first-order chi connectivity index (χ1) is 10.7. The van der Waals surface area contributed by atoms with Crippen LogP contribution in [0.15, 0.2) is 54.5 Å². The Bertz CT molecular complexity index is 690. The average molecular weight is 282 g/mol. The van der Waals surface area contributed by atoms with Gasteiger partial charge in [0.2, 0.25) is 0 Å². The van der Waals surface area contributed by atoms with E-state index in [2.05, 4.69) is 0 Å². The quantitative estimate of drug-likeness (QED) is 0.783. The summed E-state index contributed by atoms with van der Waals surface area (Å²) in [5, 5.41) is 0. The van der Waals surface area contributed by atoms with E-state index in [-0.39, 0.29) is 12.1 Å². The van der Waals surface area contributed by atoms with Crippen molar-refractivity contribution in [1.82, 2.24) is 0 Å². The predicted octanol–water partition coefficient (Wildman–Crippen LogP) is 3.65. The van der Waals surface area contributed by atoms with E-state index in [1.807, 2.05) is 58.0 Å². The second-order valence-corrected chi connectivity index (χ2v) is 6.40. The molecule has 2 aromatic carbocycles. The minimum absolute atomic E-state index is 0.273. The zero-order valence-corrected chi connectivity index (χ0v) is 12.9. The molecule has 0 atom stereocenters. The summed E-state index contributed by atoms with van der Waals surface area (Å²) >= 11 is 0. The summed E-state index contributed by atoms with van der Waals surface area (Å²) in [6, 6.07) is 13.9. The van der Waals surface area contributed by atoms with Crippen molar-refractivity contribution in [2.45, 2.75) is 38.9 Å². The summed E-state index contributed by atoms with van der Waals surface area (Å²) in [5.41, 5.74) is 1.39. The molecule has 2 nitrogen and oxygen atoms in total. The monoisotopic (exact) mass is 282 g/mol. The van der Waals surface area contributed by atoms with Crippen LogP contribution in [0.1, 0.15) is 30.4 Å². The molecule has 1 fully saturated rings. The van der Waals surface area contributed by atoms with Gasteiger partial charge < -0.3 is 9.31 Å². The van der Waals surface area contributed by atoms with Gasteiger partial charge in [-0.25, -0.2) is 0 Å². The van der Waals surface area contributed by atoms with Crippen LogP contribution in [-0.2, 0) is 9.31 Å². The molecule has 21 heavy (non-hydrogen) atoms. The van der Waals surface area contributed by atoms with Gasteiger partial charge in [-0.3, -0.25) is 0 Å². The Morgan fingerprint density at radius 1 is 0.810 bits per heavy atom. The molecule has 0 bridgehead atoms. The Morgan fingerprint density at radius 3 is 1.81 bits per heavy atom. The molecule has 0 N–H and O–H groups in total. The summed E-state index contributed by atoms with van der Waals surface area (Å²) in [6.45, 7) is 7.88. The van der Waals surface area contributed by atoms with E-state index in [1.165, 1.54) is 0 Å². The molecule has 0 spiro atoms. The maximum atomic E-state index is 8.35. The normalized spacial score (nSPS) is 21.0. The topological polar surface area (TPSA) is 18.5 Å². The summed E-state index contributed by atoms with van der Waals surface area (Å²) in [7, 11) is -0.676. The molecule has 2 aromatic rings. The number of benzene rings is 2. The third-order valence-electron chi connectivity index (χ3n) is 4.36. The van der Waals surface area contributed by atoms with Crippen molar-refractivity contribution < 1.29 is 12.1 Å². The fraction of sp³-hybridized carbons (Fsp3) is 0.333. The van der Waals surface area contributed by atoms with E-state index >= 15 is 0 Å². The van der Waals surface area contributed by atoms with Crippen molar-refractivity contribution in [2.75, 3.05) is 0 Å². The summed E-state index contributed by atoms with van der Waals surface area (Å²) in [5.74, 6) is 0. The van der Waals surface area contributed by atoms with Crippen LogP contribution in [0.2, 0.25) is 0 Å². The minimum Gasteiger partial charge on any atom is -0.399 e. The molecule has 1 heterocycles. The molecule has 0 amide bonds. The smallest absolute Gasteiger partial charge is 0.399 e. The largest absolute Gasteiger partial charge is 0.494 e. The van der Waals surface area contributed by atoms with Gasteiger partial charge in [-0.05, 0) is 44.3 Å². The van der Waals surface area contributed by atoms with Crippen LogP contribution in [0.4, 0.5) is 0 Å². The minimum atomic E-state index is -0.676. The highest BCUT2D eigenvalue weighted by molar-refractivity contribution is 6.62. The van der Waals surface area contributed by atoms with Gasteiger partial charge in [0.25, 0.3) is 0 Å². The molecule has 1 saturated heterocycles. The van der Waals surface area contributed by atoms with Crippen molar-refractivity contribution in [3.05, 3.63) is 54.5 Å². The van der Waals surface area contributed by atoms with Gasteiger partial charge in [0.05, 0.1) is 13.9 Å². The van der Waals surface area contributed by atoms with Crippen molar-refractivity contribution in [1.29, 1.82) is 0 Å². The van der Waals surface area contributed by atoms with E-state index in [9.17, 15) is 0 Å². The second kappa shape index (κ2) is 5.01.